The summed E-state index contributed by atoms with van der Waals surface area (Å²) in [5, 5.41) is 12.5. The zero-order chi connectivity index (χ0) is 10.1. The highest BCUT2D eigenvalue weighted by atomic mass is 16.5. The zero-order valence-electron chi connectivity index (χ0n) is 8.00. The molecule has 13 heavy (non-hydrogen) atoms. The topological polar surface area (TPSA) is 63.3 Å². The molecule has 0 unspecified atom stereocenters. The molecule has 4 heteroatoms. The van der Waals surface area contributed by atoms with Gasteiger partial charge in [0.15, 0.2) is 0 Å². The largest absolute Gasteiger partial charge is 0.481 e. The van der Waals surface area contributed by atoms with Gasteiger partial charge in [-0.05, 0) is 20.8 Å². The monoisotopic (exact) mass is 183 g/mol. The zero-order valence-corrected chi connectivity index (χ0v) is 8.00. The van der Waals surface area contributed by atoms with Crippen LogP contribution in [0.3, 0.4) is 0 Å². The number of carbonyl (C=O) groups is 1. The summed E-state index contributed by atoms with van der Waals surface area (Å²) in [4.78, 5) is 10.8. The van der Waals surface area contributed by atoms with Crippen LogP contribution >= 0.6 is 0 Å². The highest BCUT2D eigenvalue weighted by Gasteiger charge is 2.28. The van der Waals surface area contributed by atoms with Gasteiger partial charge < -0.3 is 9.63 Å². The van der Waals surface area contributed by atoms with Crippen molar-refractivity contribution in [3.63, 3.8) is 0 Å². The lowest BCUT2D eigenvalue weighted by molar-refractivity contribution is -0.147. The van der Waals surface area contributed by atoms with Crippen LogP contribution < -0.4 is 0 Å². The van der Waals surface area contributed by atoms with E-state index in [-0.39, 0.29) is 0 Å². The SMILES string of the molecule is Cc1cc(CC(C)(C)C(=O)O)on1. The quantitative estimate of drug-likeness (QED) is 0.773. The van der Waals surface area contributed by atoms with Crippen molar-refractivity contribution in [3.8, 4) is 0 Å². The molecule has 1 heterocycles. The van der Waals surface area contributed by atoms with E-state index in [1.165, 1.54) is 0 Å². The fourth-order valence-corrected chi connectivity index (χ4v) is 1.01. The summed E-state index contributed by atoms with van der Waals surface area (Å²) in [7, 11) is 0. The van der Waals surface area contributed by atoms with Gasteiger partial charge in [0.2, 0.25) is 0 Å². The van der Waals surface area contributed by atoms with E-state index in [0.29, 0.717) is 12.2 Å². The van der Waals surface area contributed by atoms with Gasteiger partial charge in [-0.1, -0.05) is 5.16 Å². The molecule has 4 nitrogen and oxygen atoms in total. The van der Waals surface area contributed by atoms with E-state index in [0.717, 1.165) is 5.69 Å². The minimum absolute atomic E-state index is 0.364. The highest BCUT2D eigenvalue weighted by Crippen LogP contribution is 2.22. The summed E-state index contributed by atoms with van der Waals surface area (Å²) in [6.45, 7) is 5.13. The molecule has 0 fully saturated rings. The van der Waals surface area contributed by atoms with Gasteiger partial charge >= 0.3 is 5.97 Å². The van der Waals surface area contributed by atoms with Crippen LogP contribution in [0.4, 0.5) is 0 Å². The van der Waals surface area contributed by atoms with Crippen molar-refractivity contribution in [2.24, 2.45) is 5.41 Å². The predicted octanol–water partition coefficient (Wildman–Crippen LogP) is 1.64. The first kappa shape index (κ1) is 9.77. The lowest BCUT2D eigenvalue weighted by Gasteiger charge is -2.16. The number of hydrogen-bond donors (Lipinski definition) is 1. The smallest absolute Gasteiger partial charge is 0.309 e. The van der Waals surface area contributed by atoms with Crippen LogP contribution in [-0.2, 0) is 11.2 Å². The number of carboxylic acids is 1. The molecule has 0 aromatic carbocycles. The van der Waals surface area contributed by atoms with E-state index in [1.807, 2.05) is 0 Å². The van der Waals surface area contributed by atoms with Crippen LogP contribution in [-0.4, -0.2) is 16.2 Å². The van der Waals surface area contributed by atoms with Gasteiger partial charge in [-0.25, -0.2) is 0 Å². The molecular weight excluding hydrogens is 170 g/mol. The minimum atomic E-state index is -0.832. The Labute approximate surface area is 76.5 Å². The fourth-order valence-electron chi connectivity index (χ4n) is 1.01. The van der Waals surface area contributed by atoms with Crippen LogP contribution in [0.2, 0.25) is 0 Å². The second-order valence-corrected chi connectivity index (χ2v) is 3.80. The molecule has 1 aromatic heterocycles. The lowest BCUT2D eigenvalue weighted by Crippen LogP contribution is -2.25. The average Bonchev–Trinajstić information content (AvgIpc) is 2.34. The Morgan fingerprint density at radius 3 is 2.69 bits per heavy atom. The predicted molar refractivity (Wildman–Crippen MR) is 46.4 cm³/mol. The third kappa shape index (κ3) is 2.31. The molecule has 0 amide bonds. The normalized spacial score (nSPS) is 11.6. The molecule has 0 aliphatic rings. The molecule has 0 aliphatic carbocycles. The first-order valence-corrected chi connectivity index (χ1v) is 4.07. The molecule has 0 spiro atoms. The van der Waals surface area contributed by atoms with E-state index >= 15 is 0 Å². The summed E-state index contributed by atoms with van der Waals surface area (Å²) in [5.74, 6) is -0.216. The first-order chi connectivity index (χ1) is 5.92. The molecule has 0 aliphatic heterocycles. The number of hydrogen-bond acceptors (Lipinski definition) is 3. The molecule has 0 atom stereocenters. The number of aryl methyl sites for hydroxylation is 1. The van der Waals surface area contributed by atoms with Gasteiger partial charge in [-0.3, -0.25) is 4.79 Å². The minimum Gasteiger partial charge on any atom is -0.481 e. The van der Waals surface area contributed by atoms with Crippen molar-refractivity contribution in [2.45, 2.75) is 27.2 Å². The first-order valence-electron chi connectivity index (χ1n) is 4.07. The molecule has 0 bridgehead atoms. The molecule has 1 aromatic rings. The summed E-state index contributed by atoms with van der Waals surface area (Å²) in [6.07, 6.45) is 0.364. The summed E-state index contributed by atoms with van der Waals surface area (Å²) in [5.41, 5.74) is -0.0254. The molecule has 0 saturated heterocycles. The van der Waals surface area contributed by atoms with Crippen LogP contribution in [0.25, 0.3) is 0 Å². The van der Waals surface area contributed by atoms with Crippen LogP contribution in [0.5, 0.6) is 0 Å². The van der Waals surface area contributed by atoms with E-state index in [2.05, 4.69) is 5.16 Å². The molecule has 72 valence electrons. The van der Waals surface area contributed by atoms with E-state index in [1.54, 1.807) is 26.8 Å². The second kappa shape index (κ2) is 3.20. The maximum atomic E-state index is 10.8. The summed E-state index contributed by atoms with van der Waals surface area (Å²) < 4.78 is 4.94. The van der Waals surface area contributed by atoms with Crippen molar-refractivity contribution in [1.82, 2.24) is 5.16 Å². The Balaban J connectivity index is 2.74. The molecular formula is C9H13NO3. The maximum absolute atomic E-state index is 10.8. The van der Waals surface area contributed by atoms with Crippen LogP contribution in [0.15, 0.2) is 10.6 Å². The number of carboxylic acid groups (broad SMARTS) is 1. The molecule has 0 radical (unpaired) electrons. The number of rotatable bonds is 3. The van der Waals surface area contributed by atoms with Gasteiger partial charge in [0.25, 0.3) is 0 Å². The van der Waals surface area contributed by atoms with E-state index < -0.39 is 11.4 Å². The summed E-state index contributed by atoms with van der Waals surface area (Å²) in [6, 6.07) is 1.75. The fraction of sp³-hybridized carbons (Fsp3) is 0.556. The van der Waals surface area contributed by atoms with Gasteiger partial charge in [0.1, 0.15) is 5.76 Å². The molecule has 1 N–H and O–H groups in total. The molecule has 1 rings (SSSR count). The lowest BCUT2D eigenvalue weighted by atomic mass is 9.88. The second-order valence-electron chi connectivity index (χ2n) is 3.80. The highest BCUT2D eigenvalue weighted by molar-refractivity contribution is 5.73. The van der Waals surface area contributed by atoms with Crippen molar-refractivity contribution >= 4 is 5.97 Å². The third-order valence-electron chi connectivity index (χ3n) is 1.87. The Kier molecular flexibility index (Phi) is 2.40. The van der Waals surface area contributed by atoms with Crippen molar-refractivity contribution in [1.29, 1.82) is 0 Å². The van der Waals surface area contributed by atoms with Crippen molar-refractivity contribution < 1.29 is 14.4 Å². The third-order valence-corrected chi connectivity index (χ3v) is 1.87. The van der Waals surface area contributed by atoms with Crippen LogP contribution in [0.1, 0.15) is 25.3 Å². The summed E-state index contributed by atoms with van der Waals surface area (Å²) >= 11 is 0. The van der Waals surface area contributed by atoms with Crippen molar-refractivity contribution in [2.75, 3.05) is 0 Å². The Bertz CT molecular complexity index is 314. The van der Waals surface area contributed by atoms with Gasteiger partial charge in [-0.2, -0.15) is 0 Å². The number of aliphatic carboxylic acids is 1. The standard InChI is InChI=1S/C9H13NO3/c1-6-4-7(13-10-6)5-9(2,3)8(11)12/h4H,5H2,1-3H3,(H,11,12). The average molecular weight is 183 g/mol. The van der Waals surface area contributed by atoms with Gasteiger partial charge in [0, 0.05) is 12.5 Å². The van der Waals surface area contributed by atoms with E-state index in [4.69, 9.17) is 9.63 Å². The van der Waals surface area contributed by atoms with Gasteiger partial charge in [-0.15, -0.1) is 0 Å². The number of aromatic nitrogens is 1. The van der Waals surface area contributed by atoms with Gasteiger partial charge in [0.05, 0.1) is 11.1 Å². The number of nitrogens with zero attached hydrogens (tertiary/aromatic N) is 1. The Morgan fingerprint density at radius 1 is 1.69 bits per heavy atom. The Morgan fingerprint density at radius 2 is 2.31 bits per heavy atom. The Hall–Kier alpha value is -1.32. The molecule has 0 saturated carbocycles. The van der Waals surface area contributed by atoms with E-state index in [9.17, 15) is 4.79 Å². The van der Waals surface area contributed by atoms with Crippen molar-refractivity contribution in [3.05, 3.63) is 17.5 Å². The van der Waals surface area contributed by atoms with Crippen LogP contribution in [0, 0.1) is 12.3 Å². The maximum Gasteiger partial charge on any atom is 0.309 e.